The van der Waals surface area contributed by atoms with Gasteiger partial charge in [0.05, 0.1) is 5.41 Å². The topological polar surface area (TPSA) is 37.3 Å². The van der Waals surface area contributed by atoms with Crippen molar-refractivity contribution in [3.8, 4) is 0 Å². The minimum absolute atomic E-state index is 0.111. The Bertz CT molecular complexity index is 367. The second-order valence-corrected chi connectivity index (χ2v) is 4.64. The summed E-state index contributed by atoms with van der Waals surface area (Å²) in [7, 11) is 0. The summed E-state index contributed by atoms with van der Waals surface area (Å²) in [5.74, 6) is -0.700. The summed E-state index contributed by atoms with van der Waals surface area (Å²) in [6, 6.07) is 9.52. The van der Waals surface area contributed by atoms with Crippen molar-refractivity contribution in [2.45, 2.75) is 25.7 Å². The molecule has 1 atom stereocenters. The minimum Gasteiger partial charge on any atom is -0.481 e. The SMILES string of the molecule is CC1(C)C[C@]1(C(=O)O)c1ccccc1. The van der Waals surface area contributed by atoms with Crippen LogP contribution in [-0.4, -0.2) is 11.1 Å². The highest BCUT2D eigenvalue weighted by Gasteiger charge is 2.67. The van der Waals surface area contributed by atoms with E-state index in [0.717, 1.165) is 12.0 Å². The smallest absolute Gasteiger partial charge is 0.314 e. The van der Waals surface area contributed by atoms with E-state index < -0.39 is 11.4 Å². The van der Waals surface area contributed by atoms with Gasteiger partial charge in [-0.15, -0.1) is 0 Å². The Hall–Kier alpha value is -1.31. The van der Waals surface area contributed by atoms with E-state index in [2.05, 4.69) is 0 Å². The van der Waals surface area contributed by atoms with Gasteiger partial charge in [-0.05, 0) is 17.4 Å². The molecule has 0 unspecified atom stereocenters. The van der Waals surface area contributed by atoms with Crippen molar-refractivity contribution in [3.05, 3.63) is 35.9 Å². The van der Waals surface area contributed by atoms with Crippen LogP contribution in [0.2, 0.25) is 0 Å². The number of carboxylic acids is 1. The summed E-state index contributed by atoms with van der Waals surface area (Å²) in [6.07, 6.45) is 0.735. The van der Waals surface area contributed by atoms with Crippen LogP contribution in [-0.2, 0) is 10.2 Å². The lowest BCUT2D eigenvalue weighted by molar-refractivity contribution is -0.141. The fourth-order valence-corrected chi connectivity index (χ4v) is 2.32. The minimum atomic E-state index is -0.700. The predicted molar refractivity (Wildman–Crippen MR) is 54.2 cm³/mol. The molecule has 0 spiro atoms. The van der Waals surface area contributed by atoms with Crippen molar-refractivity contribution in [2.75, 3.05) is 0 Å². The Morgan fingerprint density at radius 2 is 1.79 bits per heavy atom. The second-order valence-electron chi connectivity index (χ2n) is 4.64. The summed E-state index contributed by atoms with van der Waals surface area (Å²) in [6.45, 7) is 4.02. The van der Waals surface area contributed by atoms with Gasteiger partial charge < -0.3 is 5.11 Å². The number of benzene rings is 1. The van der Waals surface area contributed by atoms with Gasteiger partial charge in [-0.3, -0.25) is 4.79 Å². The summed E-state index contributed by atoms with van der Waals surface area (Å²) >= 11 is 0. The normalized spacial score (nSPS) is 28.4. The molecule has 2 heteroatoms. The zero-order valence-electron chi connectivity index (χ0n) is 8.45. The molecular weight excluding hydrogens is 176 g/mol. The molecule has 1 aliphatic carbocycles. The monoisotopic (exact) mass is 190 g/mol. The maximum Gasteiger partial charge on any atom is 0.314 e. The molecule has 1 fully saturated rings. The highest BCUT2D eigenvalue weighted by molar-refractivity contribution is 5.87. The molecule has 2 rings (SSSR count). The Morgan fingerprint density at radius 1 is 1.29 bits per heavy atom. The van der Waals surface area contributed by atoms with Gasteiger partial charge in [-0.1, -0.05) is 44.2 Å². The Morgan fingerprint density at radius 3 is 2.14 bits per heavy atom. The molecular formula is C12H14O2. The lowest BCUT2D eigenvalue weighted by Gasteiger charge is -2.15. The molecule has 0 aromatic heterocycles. The van der Waals surface area contributed by atoms with Crippen molar-refractivity contribution in [3.63, 3.8) is 0 Å². The van der Waals surface area contributed by atoms with Crippen LogP contribution in [0.3, 0.4) is 0 Å². The molecule has 0 heterocycles. The highest BCUT2D eigenvalue weighted by Crippen LogP contribution is 2.64. The van der Waals surface area contributed by atoms with E-state index in [1.54, 1.807) is 0 Å². The first kappa shape index (κ1) is 9.25. The van der Waals surface area contributed by atoms with Crippen LogP contribution in [0.25, 0.3) is 0 Å². The molecule has 0 bridgehead atoms. The van der Waals surface area contributed by atoms with Crippen molar-refractivity contribution in [1.29, 1.82) is 0 Å². The number of hydrogen-bond acceptors (Lipinski definition) is 1. The largest absolute Gasteiger partial charge is 0.481 e. The maximum atomic E-state index is 11.3. The molecule has 1 saturated carbocycles. The lowest BCUT2D eigenvalue weighted by atomic mass is 9.88. The van der Waals surface area contributed by atoms with Gasteiger partial charge in [0.2, 0.25) is 0 Å². The zero-order valence-corrected chi connectivity index (χ0v) is 8.45. The van der Waals surface area contributed by atoms with Crippen molar-refractivity contribution < 1.29 is 9.90 Å². The second kappa shape index (κ2) is 2.59. The summed E-state index contributed by atoms with van der Waals surface area (Å²) < 4.78 is 0. The van der Waals surface area contributed by atoms with Crippen LogP contribution in [0.1, 0.15) is 25.8 Å². The molecule has 2 nitrogen and oxygen atoms in total. The Labute approximate surface area is 83.6 Å². The fourth-order valence-electron chi connectivity index (χ4n) is 2.32. The van der Waals surface area contributed by atoms with Gasteiger partial charge in [-0.25, -0.2) is 0 Å². The first-order valence-corrected chi connectivity index (χ1v) is 4.80. The molecule has 0 aliphatic heterocycles. The lowest BCUT2D eigenvalue weighted by Crippen LogP contribution is -2.25. The van der Waals surface area contributed by atoms with Gasteiger partial charge in [-0.2, -0.15) is 0 Å². The standard InChI is InChI=1S/C12H14O2/c1-11(2)8-12(11,10(13)14)9-6-4-3-5-7-9/h3-7H,8H2,1-2H3,(H,13,14)/t12-/m1/s1. The van der Waals surface area contributed by atoms with Crippen LogP contribution in [0.5, 0.6) is 0 Å². The number of hydrogen-bond donors (Lipinski definition) is 1. The molecule has 1 aromatic carbocycles. The van der Waals surface area contributed by atoms with Crippen LogP contribution in [0, 0.1) is 5.41 Å². The van der Waals surface area contributed by atoms with E-state index in [9.17, 15) is 9.90 Å². The average Bonchev–Trinajstić information content (AvgIpc) is 2.72. The van der Waals surface area contributed by atoms with E-state index >= 15 is 0 Å². The molecule has 1 aliphatic rings. The van der Waals surface area contributed by atoms with Crippen molar-refractivity contribution >= 4 is 5.97 Å². The van der Waals surface area contributed by atoms with Crippen LogP contribution < -0.4 is 0 Å². The maximum absolute atomic E-state index is 11.3. The zero-order chi connectivity index (χ0) is 10.4. The fraction of sp³-hybridized carbons (Fsp3) is 0.417. The average molecular weight is 190 g/mol. The van der Waals surface area contributed by atoms with Gasteiger partial charge >= 0.3 is 5.97 Å². The predicted octanol–water partition coefficient (Wildman–Crippen LogP) is 2.44. The molecule has 1 N–H and O–H groups in total. The van der Waals surface area contributed by atoms with Gasteiger partial charge in [0, 0.05) is 0 Å². The first-order valence-electron chi connectivity index (χ1n) is 4.80. The number of aliphatic carboxylic acids is 1. The van der Waals surface area contributed by atoms with E-state index in [1.165, 1.54) is 0 Å². The van der Waals surface area contributed by atoms with Crippen LogP contribution in [0.15, 0.2) is 30.3 Å². The van der Waals surface area contributed by atoms with E-state index in [1.807, 2.05) is 44.2 Å². The van der Waals surface area contributed by atoms with E-state index in [4.69, 9.17) is 0 Å². The molecule has 0 amide bonds. The molecule has 1 aromatic rings. The van der Waals surface area contributed by atoms with Crippen LogP contribution >= 0.6 is 0 Å². The Balaban J connectivity index is 2.47. The molecule has 0 radical (unpaired) electrons. The third-order valence-corrected chi connectivity index (χ3v) is 3.37. The van der Waals surface area contributed by atoms with Crippen molar-refractivity contribution in [1.82, 2.24) is 0 Å². The van der Waals surface area contributed by atoms with E-state index in [0.29, 0.717) is 0 Å². The van der Waals surface area contributed by atoms with Gasteiger partial charge in [0.15, 0.2) is 0 Å². The summed E-state index contributed by atoms with van der Waals surface area (Å²) in [4.78, 5) is 11.3. The summed E-state index contributed by atoms with van der Waals surface area (Å²) in [5.41, 5.74) is 0.173. The third-order valence-electron chi connectivity index (χ3n) is 3.37. The highest BCUT2D eigenvalue weighted by atomic mass is 16.4. The quantitative estimate of drug-likeness (QED) is 0.777. The summed E-state index contributed by atoms with van der Waals surface area (Å²) in [5, 5.41) is 9.29. The van der Waals surface area contributed by atoms with E-state index in [-0.39, 0.29) is 5.41 Å². The first-order chi connectivity index (χ1) is 6.51. The number of carboxylic acid groups (broad SMARTS) is 1. The third kappa shape index (κ3) is 0.999. The Kier molecular flexibility index (Phi) is 1.71. The number of rotatable bonds is 2. The molecule has 14 heavy (non-hydrogen) atoms. The van der Waals surface area contributed by atoms with Crippen LogP contribution in [0.4, 0.5) is 0 Å². The molecule has 0 saturated heterocycles. The van der Waals surface area contributed by atoms with Gasteiger partial charge in [0.1, 0.15) is 0 Å². The molecule has 74 valence electrons. The number of carbonyl (C=O) groups is 1. The van der Waals surface area contributed by atoms with Crippen molar-refractivity contribution in [2.24, 2.45) is 5.41 Å². The van der Waals surface area contributed by atoms with Gasteiger partial charge in [0.25, 0.3) is 0 Å².